The zero-order chi connectivity index (χ0) is 18.8. The predicted molar refractivity (Wildman–Crippen MR) is 105 cm³/mol. The molecular formula is C20H29N5O. The van der Waals surface area contributed by atoms with E-state index in [1.54, 1.807) is 12.4 Å². The van der Waals surface area contributed by atoms with Gasteiger partial charge in [0.15, 0.2) is 0 Å². The third kappa shape index (κ3) is 6.44. The molecule has 0 aliphatic rings. The standard InChI is InChI=1S/C20H29N5O/c1-5-7-10-18(16-24(3)15-17-9-8-12-21-14-17)26-20-22-13-11-19(23-20)25(4)6-2/h5,8-9,11-14,18H,1,6-7,10,15-16H2,2-4H3/t18-/m0/s1. The fraction of sp³-hybridized carbons (Fsp3) is 0.450. The minimum absolute atomic E-state index is 0.00291. The smallest absolute Gasteiger partial charge is 0.318 e. The van der Waals surface area contributed by atoms with Crippen molar-refractivity contribution >= 4 is 5.82 Å². The molecular weight excluding hydrogens is 326 g/mol. The molecule has 6 heteroatoms. The Kier molecular flexibility index (Phi) is 8.02. The van der Waals surface area contributed by atoms with Gasteiger partial charge >= 0.3 is 6.01 Å². The van der Waals surface area contributed by atoms with Crippen molar-refractivity contribution < 1.29 is 4.74 Å². The molecule has 0 bridgehead atoms. The fourth-order valence-corrected chi connectivity index (χ4v) is 2.62. The maximum atomic E-state index is 6.11. The highest BCUT2D eigenvalue weighted by Crippen LogP contribution is 2.15. The normalized spacial score (nSPS) is 12.0. The molecule has 0 saturated heterocycles. The number of hydrogen-bond acceptors (Lipinski definition) is 6. The summed E-state index contributed by atoms with van der Waals surface area (Å²) in [5.74, 6) is 0.865. The molecule has 0 fully saturated rings. The summed E-state index contributed by atoms with van der Waals surface area (Å²) in [5, 5.41) is 0. The van der Waals surface area contributed by atoms with Crippen LogP contribution in [0.5, 0.6) is 6.01 Å². The van der Waals surface area contributed by atoms with Crippen LogP contribution in [0.25, 0.3) is 0 Å². The van der Waals surface area contributed by atoms with Gasteiger partial charge in [-0.25, -0.2) is 4.98 Å². The summed E-state index contributed by atoms with van der Waals surface area (Å²) in [7, 11) is 4.09. The van der Waals surface area contributed by atoms with E-state index in [4.69, 9.17) is 4.74 Å². The summed E-state index contributed by atoms with van der Waals surface area (Å²) in [4.78, 5) is 17.3. The lowest BCUT2D eigenvalue weighted by atomic mass is 10.1. The predicted octanol–water partition coefficient (Wildman–Crippen LogP) is 3.17. The minimum atomic E-state index is -0.00291. The van der Waals surface area contributed by atoms with Crippen LogP contribution in [0.1, 0.15) is 25.3 Å². The third-order valence-electron chi connectivity index (χ3n) is 4.14. The molecule has 0 amide bonds. The van der Waals surface area contributed by atoms with E-state index in [-0.39, 0.29) is 6.10 Å². The highest BCUT2D eigenvalue weighted by Gasteiger charge is 2.15. The Labute approximate surface area is 156 Å². The lowest BCUT2D eigenvalue weighted by Gasteiger charge is -2.24. The molecule has 2 rings (SSSR count). The van der Waals surface area contributed by atoms with Crippen LogP contribution < -0.4 is 9.64 Å². The molecule has 0 aliphatic carbocycles. The van der Waals surface area contributed by atoms with Gasteiger partial charge in [-0.1, -0.05) is 12.1 Å². The van der Waals surface area contributed by atoms with Gasteiger partial charge in [-0.05, 0) is 44.5 Å². The van der Waals surface area contributed by atoms with Gasteiger partial charge in [0.2, 0.25) is 0 Å². The highest BCUT2D eigenvalue weighted by atomic mass is 16.5. The van der Waals surface area contributed by atoms with Crippen LogP contribution in [0, 0.1) is 0 Å². The van der Waals surface area contributed by atoms with Gasteiger partial charge in [-0.2, -0.15) is 4.98 Å². The fourth-order valence-electron chi connectivity index (χ4n) is 2.62. The Balaban J connectivity index is 2.01. The number of hydrogen-bond donors (Lipinski definition) is 0. The Morgan fingerprint density at radius 2 is 2.12 bits per heavy atom. The highest BCUT2D eigenvalue weighted by molar-refractivity contribution is 5.36. The van der Waals surface area contributed by atoms with E-state index in [1.807, 2.05) is 31.5 Å². The maximum Gasteiger partial charge on any atom is 0.318 e. The van der Waals surface area contributed by atoms with Gasteiger partial charge < -0.3 is 9.64 Å². The van der Waals surface area contributed by atoms with E-state index in [9.17, 15) is 0 Å². The summed E-state index contributed by atoms with van der Waals surface area (Å²) in [6, 6.07) is 6.35. The number of nitrogens with zero attached hydrogens (tertiary/aromatic N) is 5. The maximum absolute atomic E-state index is 6.11. The second-order valence-electron chi connectivity index (χ2n) is 6.38. The molecule has 0 saturated carbocycles. The molecule has 2 aromatic heterocycles. The van der Waals surface area contributed by atoms with Crippen molar-refractivity contribution in [2.75, 3.05) is 32.1 Å². The van der Waals surface area contributed by atoms with Gasteiger partial charge in [-0.15, -0.1) is 6.58 Å². The van der Waals surface area contributed by atoms with Gasteiger partial charge in [0.25, 0.3) is 0 Å². The van der Waals surface area contributed by atoms with Crippen LogP contribution in [0.15, 0.2) is 49.4 Å². The van der Waals surface area contributed by atoms with E-state index in [1.165, 1.54) is 5.56 Å². The molecule has 0 aromatic carbocycles. The molecule has 2 heterocycles. The first-order chi connectivity index (χ1) is 12.6. The number of anilines is 1. The van der Waals surface area contributed by atoms with Crippen molar-refractivity contribution in [2.45, 2.75) is 32.4 Å². The largest absolute Gasteiger partial charge is 0.459 e. The Hall–Kier alpha value is -2.47. The van der Waals surface area contributed by atoms with Crippen LogP contribution in [0.4, 0.5) is 5.82 Å². The Morgan fingerprint density at radius 1 is 1.27 bits per heavy atom. The number of allylic oxidation sites excluding steroid dienone is 1. The van der Waals surface area contributed by atoms with Crippen molar-refractivity contribution in [1.29, 1.82) is 0 Å². The third-order valence-corrected chi connectivity index (χ3v) is 4.14. The molecule has 0 unspecified atom stereocenters. The SMILES string of the molecule is C=CCC[C@@H](CN(C)Cc1cccnc1)Oc1nccc(N(C)CC)n1. The number of pyridine rings is 1. The molecule has 0 aliphatic heterocycles. The topological polar surface area (TPSA) is 54.4 Å². The van der Waals surface area contributed by atoms with E-state index in [0.29, 0.717) is 6.01 Å². The molecule has 0 spiro atoms. The molecule has 0 radical (unpaired) electrons. The Bertz CT molecular complexity index is 664. The molecule has 0 N–H and O–H groups in total. The summed E-state index contributed by atoms with van der Waals surface area (Å²) < 4.78 is 6.11. The first-order valence-electron chi connectivity index (χ1n) is 9.01. The summed E-state index contributed by atoms with van der Waals surface area (Å²) >= 11 is 0. The number of ether oxygens (including phenoxy) is 1. The van der Waals surface area contributed by atoms with Crippen molar-refractivity contribution in [3.8, 4) is 6.01 Å². The van der Waals surface area contributed by atoms with Crippen LogP contribution in [-0.4, -0.2) is 53.1 Å². The van der Waals surface area contributed by atoms with Crippen molar-refractivity contribution in [1.82, 2.24) is 19.9 Å². The van der Waals surface area contributed by atoms with Crippen LogP contribution in [0.2, 0.25) is 0 Å². The average Bonchev–Trinajstić information content (AvgIpc) is 2.66. The van der Waals surface area contributed by atoms with Crippen molar-refractivity contribution in [3.05, 3.63) is 55.0 Å². The zero-order valence-corrected chi connectivity index (χ0v) is 16.0. The monoisotopic (exact) mass is 355 g/mol. The van der Waals surface area contributed by atoms with Gasteiger partial charge in [0.05, 0.1) is 0 Å². The van der Waals surface area contributed by atoms with Crippen molar-refractivity contribution in [3.63, 3.8) is 0 Å². The second kappa shape index (κ2) is 10.5. The molecule has 6 nitrogen and oxygen atoms in total. The van der Waals surface area contributed by atoms with E-state index in [2.05, 4.69) is 51.4 Å². The average molecular weight is 355 g/mol. The molecule has 2 aromatic rings. The summed E-state index contributed by atoms with van der Waals surface area (Å²) in [5.41, 5.74) is 1.18. The molecule has 1 atom stereocenters. The molecule has 140 valence electrons. The van der Waals surface area contributed by atoms with Gasteiger partial charge in [0, 0.05) is 45.3 Å². The quantitative estimate of drug-likeness (QED) is 0.577. The van der Waals surface area contributed by atoms with Crippen molar-refractivity contribution in [2.24, 2.45) is 0 Å². The van der Waals surface area contributed by atoms with Crippen LogP contribution in [-0.2, 0) is 6.54 Å². The lowest BCUT2D eigenvalue weighted by molar-refractivity contribution is 0.126. The van der Waals surface area contributed by atoms with Gasteiger partial charge in [0.1, 0.15) is 11.9 Å². The van der Waals surface area contributed by atoms with E-state index >= 15 is 0 Å². The zero-order valence-electron chi connectivity index (χ0n) is 16.0. The number of rotatable bonds is 11. The lowest BCUT2D eigenvalue weighted by Crippen LogP contribution is -2.33. The second-order valence-corrected chi connectivity index (χ2v) is 6.38. The van der Waals surface area contributed by atoms with Crippen LogP contribution >= 0.6 is 0 Å². The Morgan fingerprint density at radius 3 is 2.81 bits per heavy atom. The summed E-state index contributed by atoms with van der Waals surface area (Å²) in [6.45, 7) is 8.38. The van der Waals surface area contributed by atoms with Gasteiger partial charge in [-0.3, -0.25) is 9.88 Å². The summed E-state index contributed by atoms with van der Waals surface area (Å²) in [6.07, 6.45) is 9.10. The van der Waals surface area contributed by atoms with Crippen LogP contribution in [0.3, 0.4) is 0 Å². The number of aromatic nitrogens is 3. The molecule has 26 heavy (non-hydrogen) atoms. The van der Waals surface area contributed by atoms with E-state index < -0.39 is 0 Å². The number of likely N-dealkylation sites (N-methyl/N-ethyl adjacent to an activating group) is 1. The first-order valence-corrected chi connectivity index (χ1v) is 9.01. The van der Waals surface area contributed by atoms with E-state index in [0.717, 1.165) is 38.3 Å². The minimum Gasteiger partial charge on any atom is -0.459 e. The first kappa shape index (κ1) is 19.8.